The molecule has 0 saturated heterocycles. The van der Waals surface area contributed by atoms with Crippen molar-refractivity contribution < 1.29 is 0 Å². The number of aryl methyl sites for hydroxylation is 1. The molecule has 0 saturated carbocycles. The Morgan fingerprint density at radius 2 is 1.72 bits per heavy atom. The Morgan fingerprint density at radius 1 is 1.11 bits per heavy atom. The standard InChI is InChI=1S/C14H25N3O/c1-2-3-4-5-6-7-8-9-10-12-11-16-14(18)17-13(12)15/h11H,2-10H2,1H3,(H3,15,16,17,18). The van der Waals surface area contributed by atoms with Crippen LogP contribution in [-0.2, 0) is 6.42 Å². The van der Waals surface area contributed by atoms with Crippen LogP contribution in [0.25, 0.3) is 0 Å². The number of nitrogens with one attached hydrogen (secondary N) is 1. The van der Waals surface area contributed by atoms with Gasteiger partial charge in [-0.05, 0) is 12.8 Å². The third kappa shape index (κ3) is 5.84. The second-order valence-electron chi connectivity index (χ2n) is 4.85. The third-order valence-corrected chi connectivity index (χ3v) is 3.22. The molecule has 0 atom stereocenters. The van der Waals surface area contributed by atoms with Crippen LogP contribution in [0.15, 0.2) is 11.0 Å². The molecule has 18 heavy (non-hydrogen) atoms. The van der Waals surface area contributed by atoms with Crippen LogP contribution in [0.3, 0.4) is 0 Å². The van der Waals surface area contributed by atoms with Crippen LogP contribution >= 0.6 is 0 Å². The lowest BCUT2D eigenvalue weighted by Crippen LogP contribution is -2.13. The summed E-state index contributed by atoms with van der Waals surface area (Å²) in [6.45, 7) is 2.24. The smallest absolute Gasteiger partial charge is 0.346 e. The molecule has 4 nitrogen and oxygen atoms in total. The number of H-pyrrole nitrogens is 1. The number of anilines is 1. The van der Waals surface area contributed by atoms with Crippen molar-refractivity contribution in [2.24, 2.45) is 0 Å². The van der Waals surface area contributed by atoms with Crippen molar-refractivity contribution in [2.75, 3.05) is 5.73 Å². The lowest BCUT2D eigenvalue weighted by molar-refractivity contribution is 0.575. The Labute approximate surface area is 109 Å². The quantitative estimate of drug-likeness (QED) is 0.663. The van der Waals surface area contributed by atoms with Crippen LogP contribution in [0.4, 0.5) is 5.82 Å². The number of hydrogen-bond donors (Lipinski definition) is 2. The van der Waals surface area contributed by atoms with Crippen molar-refractivity contribution in [3.63, 3.8) is 0 Å². The molecule has 0 aliphatic heterocycles. The average molecular weight is 251 g/mol. The van der Waals surface area contributed by atoms with E-state index in [9.17, 15) is 4.79 Å². The van der Waals surface area contributed by atoms with Gasteiger partial charge in [0, 0.05) is 11.8 Å². The van der Waals surface area contributed by atoms with E-state index in [2.05, 4.69) is 16.9 Å². The molecule has 1 rings (SSSR count). The lowest BCUT2D eigenvalue weighted by atomic mass is 10.1. The van der Waals surface area contributed by atoms with E-state index in [4.69, 9.17) is 5.73 Å². The fraction of sp³-hybridized carbons (Fsp3) is 0.714. The van der Waals surface area contributed by atoms with Gasteiger partial charge < -0.3 is 5.73 Å². The summed E-state index contributed by atoms with van der Waals surface area (Å²) in [6, 6.07) is 0. The summed E-state index contributed by atoms with van der Waals surface area (Å²) in [4.78, 5) is 17.1. The lowest BCUT2D eigenvalue weighted by Gasteiger charge is -2.04. The molecular formula is C14H25N3O. The van der Waals surface area contributed by atoms with Crippen molar-refractivity contribution in [1.29, 1.82) is 0 Å². The highest BCUT2D eigenvalue weighted by atomic mass is 16.1. The molecule has 0 aliphatic rings. The average Bonchev–Trinajstić information content (AvgIpc) is 2.35. The van der Waals surface area contributed by atoms with Gasteiger partial charge in [-0.15, -0.1) is 0 Å². The fourth-order valence-electron chi connectivity index (χ4n) is 2.08. The Hall–Kier alpha value is -1.32. The normalized spacial score (nSPS) is 10.7. The Balaban J connectivity index is 2.09. The highest BCUT2D eigenvalue weighted by Gasteiger charge is 2.00. The Kier molecular flexibility index (Phi) is 7.14. The van der Waals surface area contributed by atoms with E-state index in [1.54, 1.807) is 6.20 Å². The molecule has 0 amide bonds. The molecule has 0 bridgehead atoms. The highest BCUT2D eigenvalue weighted by Crippen LogP contribution is 2.12. The molecule has 0 aromatic carbocycles. The van der Waals surface area contributed by atoms with E-state index in [0.717, 1.165) is 18.4 Å². The van der Waals surface area contributed by atoms with Crippen LogP contribution < -0.4 is 11.4 Å². The number of unbranched alkanes of at least 4 members (excludes halogenated alkanes) is 7. The number of hydrogen-bond acceptors (Lipinski definition) is 3. The molecule has 0 aliphatic carbocycles. The molecule has 0 unspecified atom stereocenters. The number of aromatic nitrogens is 2. The zero-order chi connectivity index (χ0) is 13.2. The summed E-state index contributed by atoms with van der Waals surface area (Å²) in [6.07, 6.45) is 12.9. The molecule has 0 spiro atoms. The number of nitrogen functional groups attached to an aromatic ring is 1. The molecule has 0 radical (unpaired) electrons. The number of aromatic amines is 1. The number of rotatable bonds is 9. The van der Waals surface area contributed by atoms with Crippen LogP contribution in [0.2, 0.25) is 0 Å². The van der Waals surface area contributed by atoms with E-state index in [1.807, 2.05) is 0 Å². The van der Waals surface area contributed by atoms with Crippen molar-refractivity contribution in [2.45, 2.75) is 64.7 Å². The summed E-state index contributed by atoms with van der Waals surface area (Å²) in [5, 5.41) is 0. The summed E-state index contributed by atoms with van der Waals surface area (Å²) in [7, 11) is 0. The molecule has 1 heterocycles. The Bertz CT molecular complexity index is 387. The van der Waals surface area contributed by atoms with E-state index in [0.29, 0.717) is 5.82 Å². The summed E-state index contributed by atoms with van der Waals surface area (Å²) >= 11 is 0. The van der Waals surface area contributed by atoms with E-state index < -0.39 is 0 Å². The fourth-order valence-corrected chi connectivity index (χ4v) is 2.08. The first-order chi connectivity index (χ1) is 8.74. The Morgan fingerprint density at radius 3 is 2.33 bits per heavy atom. The minimum absolute atomic E-state index is 0.368. The SMILES string of the molecule is CCCCCCCCCCc1cnc(=O)[nH]c1N. The van der Waals surface area contributed by atoms with E-state index >= 15 is 0 Å². The second-order valence-corrected chi connectivity index (χ2v) is 4.85. The third-order valence-electron chi connectivity index (χ3n) is 3.22. The van der Waals surface area contributed by atoms with Crippen molar-refractivity contribution in [3.8, 4) is 0 Å². The summed E-state index contributed by atoms with van der Waals surface area (Å²) < 4.78 is 0. The van der Waals surface area contributed by atoms with Gasteiger partial charge in [-0.25, -0.2) is 9.78 Å². The van der Waals surface area contributed by atoms with Gasteiger partial charge in [-0.2, -0.15) is 0 Å². The summed E-state index contributed by atoms with van der Waals surface area (Å²) in [5.74, 6) is 0.470. The summed E-state index contributed by atoms with van der Waals surface area (Å²) in [5.41, 5.74) is 6.31. The molecular weight excluding hydrogens is 226 g/mol. The van der Waals surface area contributed by atoms with Crippen LogP contribution in [0.1, 0.15) is 63.9 Å². The predicted octanol–water partition coefficient (Wildman–Crippen LogP) is 3.04. The highest BCUT2D eigenvalue weighted by molar-refractivity contribution is 5.36. The maximum atomic E-state index is 10.9. The van der Waals surface area contributed by atoms with Crippen LogP contribution in [-0.4, -0.2) is 9.97 Å². The van der Waals surface area contributed by atoms with E-state index in [1.165, 1.54) is 44.9 Å². The molecule has 3 N–H and O–H groups in total. The topological polar surface area (TPSA) is 71.8 Å². The maximum absolute atomic E-state index is 10.9. The predicted molar refractivity (Wildman–Crippen MR) is 75.6 cm³/mol. The first kappa shape index (κ1) is 14.7. The molecule has 102 valence electrons. The minimum atomic E-state index is -0.368. The van der Waals surface area contributed by atoms with Gasteiger partial charge in [0.1, 0.15) is 5.82 Å². The van der Waals surface area contributed by atoms with Gasteiger partial charge in [0.2, 0.25) is 0 Å². The first-order valence-electron chi connectivity index (χ1n) is 7.07. The monoisotopic (exact) mass is 251 g/mol. The van der Waals surface area contributed by atoms with Gasteiger partial charge in [0.05, 0.1) is 0 Å². The van der Waals surface area contributed by atoms with Crippen molar-refractivity contribution in [3.05, 3.63) is 22.2 Å². The van der Waals surface area contributed by atoms with Crippen LogP contribution in [0.5, 0.6) is 0 Å². The largest absolute Gasteiger partial charge is 0.385 e. The molecule has 4 heteroatoms. The molecule has 1 aromatic heterocycles. The van der Waals surface area contributed by atoms with Crippen molar-refractivity contribution >= 4 is 5.82 Å². The zero-order valence-electron chi connectivity index (χ0n) is 11.4. The van der Waals surface area contributed by atoms with Gasteiger partial charge in [0.25, 0.3) is 0 Å². The minimum Gasteiger partial charge on any atom is -0.385 e. The van der Waals surface area contributed by atoms with Gasteiger partial charge in [-0.3, -0.25) is 4.98 Å². The molecule has 1 aromatic rings. The maximum Gasteiger partial charge on any atom is 0.346 e. The van der Waals surface area contributed by atoms with Gasteiger partial charge >= 0.3 is 5.69 Å². The first-order valence-corrected chi connectivity index (χ1v) is 7.07. The van der Waals surface area contributed by atoms with Gasteiger partial charge in [0.15, 0.2) is 0 Å². The number of nitrogens with two attached hydrogens (primary N) is 1. The molecule has 0 fully saturated rings. The number of nitrogens with zero attached hydrogens (tertiary/aromatic N) is 1. The van der Waals surface area contributed by atoms with Gasteiger partial charge in [-0.1, -0.05) is 51.9 Å². The second kappa shape index (κ2) is 8.72. The van der Waals surface area contributed by atoms with Crippen molar-refractivity contribution in [1.82, 2.24) is 9.97 Å². The van der Waals surface area contributed by atoms with Crippen LogP contribution in [0, 0.1) is 0 Å². The zero-order valence-corrected chi connectivity index (χ0v) is 11.4. The van der Waals surface area contributed by atoms with E-state index in [-0.39, 0.29) is 5.69 Å².